The van der Waals surface area contributed by atoms with Gasteiger partial charge in [0.2, 0.25) is 0 Å². The summed E-state index contributed by atoms with van der Waals surface area (Å²) in [6, 6.07) is 5.55. The van der Waals surface area contributed by atoms with Crippen LogP contribution in [0.4, 0.5) is 0 Å². The van der Waals surface area contributed by atoms with Gasteiger partial charge < -0.3 is 14.5 Å². The quantitative estimate of drug-likeness (QED) is 0.852. The van der Waals surface area contributed by atoms with Crippen molar-refractivity contribution in [2.75, 3.05) is 32.8 Å². The second-order valence-electron chi connectivity index (χ2n) is 6.50. The number of nitrogens with zero attached hydrogens (tertiary/aromatic N) is 2. The lowest BCUT2D eigenvalue weighted by Gasteiger charge is -2.28. The average Bonchev–Trinajstić information content (AvgIpc) is 2.89. The summed E-state index contributed by atoms with van der Waals surface area (Å²) in [7, 11) is 0. The maximum Gasteiger partial charge on any atom is 0.260 e. The fourth-order valence-corrected chi connectivity index (χ4v) is 3.53. The Bertz CT molecular complexity index is 607. The zero-order valence-corrected chi connectivity index (χ0v) is 14.4. The third-order valence-electron chi connectivity index (χ3n) is 4.97. The average molecular weight is 330 g/mol. The predicted molar refractivity (Wildman–Crippen MR) is 92.3 cm³/mol. The number of carbonyl (C=O) groups is 2. The van der Waals surface area contributed by atoms with E-state index in [9.17, 15) is 9.59 Å². The summed E-state index contributed by atoms with van der Waals surface area (Å²) in [5, 5.41) is 0. The van der Waals surface area contributed by atoms with Gasteiger partial charge in [0.15, 0.2) is 6.61 Å². The summed E-state index contributed by atoms with van der Waals surface area (Å²) in [4.78, 5) is 28.6. The second-order valence-corrected chi connectivity index (χ2v) is 6.50. The lowest BCUT2D eigenvalue weighted by atomic mass is 9.98. The molecule has 0 saturated carbocycles. The minimum atomic E-state index is 0.0480. The zero-order valence-electron chi connectivity index (χ0n) is 14.4. The van der Waals surface area contributed by atoms with Crippen LogP contribution in [0, 0.1) is 0 Å². The lowest BCUT2D eigenvalue weighted by Crippen LogP contribution is -2.38. The molecule has 0 spiro atoms. The highest BCUT2D eigenvalue weighted by Gasteiger charge is 2.26. The van der Waals surface area contributed by atoms with Crippen LogP contribution in [0.15, 0.2) is 18.2 Å². The zero-order chi connectivity index (χ0) is 16.9. The highest BCUT2D eigenvalue weighted by atomic mass is 16.5. The van der Waals surface area contributed by atoms with E-state index < -0.39 is 0 Å². The predicted octanol–water partition coefficient (Wildman–Crippen LogP) is 2.49. The van der Waals surface area contributed by atoms with E-state index in [2.05, 4.69) is 0 Å². The van der Waals surface area contributed by atoms with Gasteiger partial charge in [0, 0.05) is 37.3 Å². The fourth-order valence-electron chi connectivity index (χ4n) is 3.53. The molecule has 0 radical (unpaired) electrons. The van der Waals surface area contributed by atoms with Gasteiger partial charge in [-0.3, -0.25) is 9.59 Å². The number of amides is 2. The number of likely N-dealkylation sites (N-methyl/N-ethyl adjacent to an activating group) is 1. The van der Waals surface area contributed by atoms with Gasteiger partial charge in [0.25, 0.3) is 11.8 Å². The van der Waals surface area contributed by atoms with Crippen LogP contribution < -0.4 is 4.74 Å². The SMILES string of the molecule is CCN1CCc2c(OCC(=O)N3CCCCCC3)cccc2C1=O. The number of hydrogen-bond donors (Lipinski definition) is 0. The van der Waals surface area contributed by atoms with E-state index in [-0.39, 0.29) is 18.4 Å². The van der Waals surface area contributed by atoms with E-state index in [4.69, 9.17) is 4.74 Å². The Morgan fingerprint density at radius 2 is 1.88 bits per heavy atom. The smallest absolute Gasteiger partial charge is 0.260 e. The van der Waals surface area contributed by atoms with E-state index in [1.54, 1.807) is 0 Å². The van der Waals surface area contributed by atoms with Crippen LogP contribution in [0.3, 0.4) is 0 Å². The molecule has 2 heterocycles. The molecule has 1 aromatic rings. The second kappa shape index (κ2) is 7.69. The highest BCUT2D eigenvalue weighted by Crippen LogP contribution is 2.28. The number of carbonyl (C=O) groups excluding carboxylic acids is 2. The van der Waals surface area contributed by atoms with Crippen LogP contribution in [0.2, 0.25) is 0 Å². The summed E-state index contributed by atoms with van der Waals surface area (Å²) >= 11 is 0. The third kappa shape index (κ3) is 3.55. The standard InChI is InChI=1S/C19H26N2O3/c1-2-20-13-10-15-16(19(20)23)8-7-9-17(15)24-14-18(22)21-11-5-3-4-6-12-21/h7-9H,2-6,10-14H2,1H3. The molecule has 130 valence electrons. The van der Waals surface area contributed by atoms with Crippen LogP contribution in [0.1, 0.15) is 48.5 Å². The largest absolute Gasteiger partial charge is 0.483 e. The minimum absolute atomic E-state index is 0.0480. The highest BCUT2D eigenvalue weighted by molar-refractivity contribution is 5.97. The van der Waals surface area contributed by atoms with Crippen LogP contribution in [-0.2, 0) is 11.2 Å². The Labute approximate surface area is 143 Å². The number of rotatable bonds is 4. The summed E-state index contributed by atoms with van der Waals surface area (Å²) in [6.07, 6.45) is 5.34. The van der Waals surface area contributed by atoms with E-state index in [1.165, 1.54) is 12.8 Å². The maximum atomic E-state index is 12.4. The minimum Gasteiger partial charge on any atom is -0.483 e. The van der Waals surface area contributed by atoms with Crippen molar-refractivity contribution in [3.05, 3.63) is 29.3 Å². The molecule has 5 nitrogen and oxygen atoms in total. The third-order valence-corrected chi connectivity index (χ3v) is 4.97. The molecule has 1 fully saturated rings. The molecule has 0 aliphatic carbocycles. The van der Waals surface area contributed by atoms with Crippen molar-refractivity contribution < 1.29 is 14.3 Å². The first-order chi connectivity index (χ1) is 11.7. The molecule has 0 unspecified atom stereocenters. The summed E-state index contributed by atoms with van der Waals surface area (Å²) in [5.41, 5.74) is 1.65. The number of ether oxygens (including phenoxy) is 1. The van der Waals surface area contributed by atoms with Gasteiger partial charge in [0.1, 0.15) is 5.75 Å². The van der Waals surface area contributed by atoms with E-state index in [0.29, 0.717) is 17.9 Å². The topological polar surface area (TPSA) is 49.9 Å². The number of fused-ring (bicyclic) bond motifs is 1. The van der Waals surface area contributed by atoms with Gasteiger partial charge in [-0.2, -0.15) is 0 Å². The van der Waals surface area contributed by atoms with Crippen molar-refractivity contribution in [3.8, 4) is 5.75 Å². The summed E-state index contributed by atoms with van der Waals surface area (Å²) < 4.78 is 5.82. The summed E-state index contributed by atoms with van der Waals surface area (Å²) in [5.74, 6) is 0.787. The van der Waals surface area contributed by atoms with Gasteiger partial charge in [-0.25, -0.2) is 0 Å². The Kier molecular flexibility index (Phi) is 5.38. The van der Waals surface area contributed by atoms with Crippen molar-refractivity contribution in [2.45, 2.75) is 39.0 Å². The van der Waals surface area contributed by atoms with E-state index >= 15 is 0 Å². The van der Waals surface area contributed by atoms with Gasteiger partial charge in [-0.05, 0) is 38.3 Å². The summed E-state index contributed by atoms with van der Waals surface area (Å²) in [6.45, 7) is 5.14. The van der Waals surface area contributed by atoms with Gasteiger partial charge >= 0.3 is 0 Å². The Morgan fingerprint density at radius 1 is 1.12 bits per heavy atom. The Morgan fingerprint density at radius 3 is 2.58 bits per heavy atom. The first-order valence-electron chi connectivity index (χ1n) is 9.02. The number of likely N-dealkylation sites (tertiary alicyclic amines) is 1. The number of benzene rings is 1. The molecule has 0 atom stereocenters. The molecule has 1 saturated heterocycles. The van der Waals surface area contributed by atoms with Crippen molar-refractivity contribution in [2.24, 2.45) is 0 Å². The van der Waals surface area contributed by atoms with Gasteiger partial charge in [-0.1, -0.05) is 18.9 Å². The van der Waals surface area contributed by atoms with Crippen LogP contribution in [-0.4, -0.2) is 54.4 Å². The van der Waals surface area contributed by atoms with Gasteiger partial charge in [-0.15, -0.1) is 0 Å². The van der Waals surface area contributed by atoms with Gasteiger partial charge in [0.05, 0.1) is 0 Å². The molecule has 24 heavy (non-hydrogen) atoms. The number of hydrogen-bond acceptors (Lipinski definition) is 3. The van der Waals surface area contributed by atoms with Crippen molar-refractivity contribution in [3.63, 3.8) is 0 Å². The molecule has 1 aromatic carbocycles. The fraction of sp³-hybridized carbons (Fsp3) is 0.579. The molecule has 2 aliphatic rings. The van der Waals surface area contributed by atoms with Crippen LogP contribution in [0.5, 0.6) is 5.75 Å². The molecule has 2 aliphatic heterocycles. The van der Waals surface area contributed by atoms with Crippen molar-refractivity contribution >= 4 is 11.8 Å². The van der Waals surface area contributed by atoms with Crippen LogP contribution in [0.25, 0.3) is 0 Å². The maximum absolute atomic E-state index is 12.4. The monoisotopic (exact) mass is 330 g/mol. The molecular weight excluding hydrogens is 304 g/mol. The molecule has 2 amide bonds. The Balaban J connectivity index is 1.67. The molecule has 0 bridgehead atoms. The molecule has 0 aromatic heterocycles. The van der Waals surface area contributed by atoms with E-state index in [0.717, 1.165) is 44.5 Å². The molecular formula is C19H26N2O3. The van der Waals surface area contributed by atoms with Crippen LogP contribution >= 0.6 is 0 Å². The first kappa shape index (κ1) is 16.8. The van der Waals surface area contributed by atoms with Crippen molar-refractivity contribution in [1.29, 1.82) is 0 Å². The molecule has 5 heteroatoms. The lowest BCUT2D eigenvalue weighted by molar-refractivity contribution is -0.133. The van der Waals surface area contributed by atoms with Crippen molar-refractivity contribution in [1.82, 2.24) is 9.80 Å². The van der Waals surface area contributed by atoms with E-state index in [1.807, 2.05) is 34.9 Å². The Hall–Kier alpha value is -2.04. The molecule has 3 rings (SSSR count). The molecule has 0 N–H and O–H groups in total. The first-order valence-corrected chi connectivity index (χ1v) is 9.02. The normalized spacial score (nSPS) is 18.1.